The van der Waals surface area contributed by atoms with Crippen molar-refractivity contribution in [2.24, 2.45) is 10.8 Å². The average Bonchev–Trinajstić information content (AvgIpc) is 3.06. The highest BCUT2D eigenvalue weighted by Gasteiger charge is 2.51. The van der Waals surface area contributed by atoms with Crippen molar-refractivity contribution in [2.45, 2.75) is 31.6 Å². The maximum atomic E-state index is 13.5. The number of benzene rings is 1. The van der Waals surface area contributed by atoms with Crippen LogP contribution in [0.25, 0.3) is 10.9 Å². The molecule has 4 rings (SSSR count). The Hall–Kier alpha value is -2.95. The standard InChI is InChI=1S/C19H12F6N4O/c20-18(21,22)12-6-3-5-11-14(8-15(19(23,24)25)28-16(11)12)29(17(26)30)13-7-2-1-4-10(13)9-27-29/h3,5-6,8-9H,2,4,7H2,(H-,26,30)/p+1. The molecule has 0 fully saturated rings. The molecule has 2 aliphatic rings. The predicted octanol–water partition coefficient (Wildman–Crippen LogP) is 5.18. The Morgan fingerprint density at radius 3 is 2.50 bits per heavy atom. The van der Waals surface area contributed by atoms with Crippen molar-refractivity contribution >= 4 is 28.8 Å². The minimum Gasteiger partial charge on any atom is -0.316 e. The van der Waals surface area contributed by atoms with E-state index in [1.54, 1.807) is 0 Å². The first-order valence-corrected chi connectivity index (χ1v) is 8.73. The van der Waals surface area contributed by atoms with Crippen LogP contribution < -0.4 is 10.3 Å². The molecule has 1 atom stereocenters. The summed E-state index contributed by atoms with van der Waals surface area (Å²) in [6.45, 7) is 0. The van der Waals surface area contributed by atoms with E-state index in [1.165, 1.54) is 12.3 Å². The van der Waals surface area contributed by atoms with Gasteiger partial charge in [0.05, 0.1) is 22.7 Å². The largest absolute Gasteiger partial charge is 0.450 e. The zero-order chi connectivity index (χ0) is 21.9. The molecule has 2 radical (unpaired) electrons. The van der Waals surface area contributed by atoms with E-state index >= 15 is 0 Å². The Labute approximate surface area is 166 Å². The third-order valence-corrected chi connectivity index (χ3v) is 5.08. The Morgan fingerprint density at radius 2 is 1.87 bits per heavy atom. The summed E-state index contributed by atoms with van der Waals surface area (Å²) in [5.41, 5.74) is 2.19. The molecule has 0 saturated carbocycles. The van der Waals surface area contributed by atoms with Crippen LogP contribution in [0, 0.1) is 6.42 Å². The lowest BCUT2D eigenvalue weighted by atomic mass is 9.95. The van der Waals surface area contributed by atoms with Crippen LogP contribution in [0.3, 0.4) is 0 Å². The van der Waals surface area contributed by atoms with E-state index in [-0.39, 0.29) is 11.8 Å². The molecule has 2 heterocycles. The summed E-state index contributed by atoms with van der Waals surface area (Å²) in [6, 6.07) is 2.26. The van der Waals surface area contributed by atoms with Crippen molar-refractivity contribution in [3.63, 3.8) is 0 Å². The van der Waals surface area contributed by atoms with Crippen LogP contribution in [-0.2, 0) is 12.4 Å². The van der Waals surface area contributed by atoms with Gasteiger partial charge in [0, 0.05) is 18.1 Å². The molecule has 30 heavy (non-hydrogen) atoms. The monoisotopic (exact) mass is 427 g/mol. The van der Waals surface area contributed by atoms with Crippen LogP contribution >= 0.6 is 0 Å². The summed E-state index contributed by atoms with van der Waals surface area (Å²) >= 11 is 0. The number of halogens is 6. The number of nitrogens with zero attached hydrogens (tertiary/aromatic N) is 3. The number of carbonyl (C=O) groups is 1. The zero-order valence-corrected chi connectivity index (χ0v) is 15.1. The van der Waals surface area contributed by atoms with E-state index in [1.807, 2.05) is 0 Å². The molecule has 0 spiro atoms. The molecule has 0 bridgehead atoms. The average molecular weight is 427 g/mol. The molecule has 5 nitrogen and oxygen atoms in total. The number of carbonyl (C=O) groups excluding carboxylic acids is 1. The number of amides is 2. The second-order valence-electron chi connectivity index (χ2n) is 6.84. The highest BCUT2D eigenvalue weighted by atomic mass is 19.4. The number of fused-ring (bicyclic) bond motifs is 1. The lowest BCUT2D eigenvalue weighted by Gasteiger charge is -2.29. The molecule has 1 aliphatic heterocycles. The molecule has 1 aliphatic carbocycles. The highest BCUT2D eigenvalue weighted by Crippen LogP contribution is 2.47. The molecular weight excluding hydrogens is 414 g/mol. The Morgan fingerprint density at radius 1 is 1.13 bits per heavy atom. The number of primary amides is 1. The normalized spacial score (nSPS) is 21.9. The third-order valence-electron chi connectivity index (χ3n) is 5.08. The number of para-hydroxylation sites is 1. The fraction of sp³-hybridized carbons (Fsp3) is 0.263. The van der Waals surface area contributed by atoms with Gasteiger partial charge in [0.15, 0.2) is 17.1 Å². The minimum atomic E-state index is -5.06. The predicted molar refractivity (Wildman–Crippen MR) is 95.7 cm³/mol. The first-order chi connectivity index (χ1) is 14.0. The fourth-order valence-electron chi connectivity index (χ4n) is 3.80. The number of aromatic nitrogens is 1. The number of urea groups is 1. The fourth-order valence-corrected chi connectivity index (χ4v) is 3.80. The van der Waals surface area contributed by atoms with Crippen molar-refractivity contribution in [1.82, 2.24) is 9.58 Å². The third kappa shape index (κ3) is 2.95. The molecule has 2 amide bonds. The van der Waals surface area contributed by atoms with Gasteiger partial charge in [0.25, 0.3) is 0 Å². The van der Waals surface area contributed by atoms with Crippen LogP contribution in [0.1, 0.15) is 30.5 Å². The van der Waals surface area contributed by atoms with Crippen LogP contribution in [0.4, 0.5) is 36.8 Å². The van der Waals surface area contributed by atoms with Gasteiger partial charge in [-0.25, -0.2) is 9.78 Å². The quantitative estimate of drug-likeness (QED) is 0.504. The molecule has 2 aromatic rings. The van der Waals surface area contributed by atoms with Crippen LogP contribution in [0.2, 0.25) is 0 Å². The first-order valence-electron chi connectivity index (χ1n) is 8.73. The van der Waals surface area contributed by atoms with E-state index in [9.17, 15) is 31.1 Å². The molecule has 1 unspecified atom stereocenters. The number of quaternary nitrogens is 1. The minimum absolute atomic E-state index is 0.225. The number of pyridine rings is 1. The van der Waals surface area contributed by atoms with Gasteiger partial charge < -0.3 is 5.73 Å². The topological polar surface area (TPSA) is 68.3 Å². The van der Waals surface area contributed by atoms with Gasteiger partial charge in [-0.1, -0.05) is 15.8 Å². The Balaban J connectivity index is 2.14. The summed E-state index contributed by atoms with van der Waals surface area (Å²) in [7, 11) is 0. The lowest BCUT2D eigenvalue weighted by molar-refractivity contribution is -0.142. The second kappa shape index (κ2) is 6.53. The zero-order valence-electron chi connectivity index (χ0n) is 15.1. The van der Waals surface area contributed by atoms with Crippen molar-refractivity contribution < 1.29 is 31.1 Å². The SMILES string of the molecule is NC(=O)[N+]1(c2cc(C(F)(F)F)nc3c(C(F)(F)F)cccc23)N=CC2=C1CC[C]C2. The van der Waals surface area contributed by atoms with Crippen molar-refractivity contribution in [3.8, 4) is 0 Å². The van der Waals surface area contributed by atoms with E-state index in [0.29, 0.717) is 36.2 Å². The van der Waals surface area contributed by atoms with Gasteiger partial charge in [-0.2, -0.15) is 26.3 Å². The van der Waals surface area contributed by atoms with Gasteiger partial charge >= 0.3 is 18.4 Å². The summed E-state index contributed by atoms with van der Waals surface area (Å²) in [6.07, 6.45) is -4.75. The van der Waals surface area contributed by atoms with Crippen LogP contribution in [0.5, 0.6) is 0 Å². The molecule has 0 saturated heterocycles. The summed E-state index contributed by atoms with van der Waals surface area (Å²) < 4.78 is 80.0. The number of alkyl halides is 6. The summed E-state index contributed by atoms with van der Waals surface area (Å²) in [5, 5.41) is 3.80. The van der Waals surface area contributed by atoms with E-state index in [4.69, 9.17) is 5.73 Å². The summed E-state index contributed by atoms with van der Waals surface area (Å²) in [5.74, 6) is 0. The number of nitrogens with two attached hydrogens (primary N) is 1. The number of hydrogen-bond donors (Lipinski definition) is 1. The number of allylic oxidation sites excluding steroid dienone is 2. The van der Waals surface area contributed by atoms with Gasteiger partial charge in [-0.05, 0) is 31.4 Å². The maximum Gasteiger partial charge on any atom is 0.450 e. The Bertz CT molecular complexity index is 1120. The molecule has 1 aromatic carbocycles. The van der Waals surface area contributed by atoms with Crippen LogP contribution in [-0.4, -0.2) is 17.2 Å². The van der Waals surface area contributed by atoms with E-state index in [0.717, 1.165) is 6.07 Å². The lowest BCUT2D eigenvalue weighted by Crippen LogP contribution is -2.51. The summed E-state index contributed by atoms with van der Waals surface area (Å²) in [4.78, 5) is 15.8. The molecule has 11 heteroatoms. The van der Waals surface area contributed by atoms with E-state index < -0.39 is 45.4 Å². The highest BCUT2D eigenvalue weighted by molar-refractivity contribution is 6.04. The van der Waals surface area contributed by atoms with Gasteiger partial charge in [-0.3, -0.25) is 0 Å². The Kier molecular flexibility index (Phi) is 4.42. The molecule has 2 N–H and O–H groups in total. The van der Waals surface area contributed by atoms with Crippen LogP contribution in [0.15, 0.2) is 40.6 Å². The molecule has 156 valence electrons. The van der Waals surface area contributed by atoms with Crippen molar-refractivity contribution in [3.05, 3.63) is 53.2 Å². The van der Waals surface area contributed by atoms with Gasteiger partial charge in [0.2, 0.25) is 0 Å². The van der Waals surface area contributed by atoms with E-state index in [2.05, 4.69) is 16.5 Å². The van der Waals surface area contributed by atoms with Gasteiger partial charge in [0.1, 0.15) is 0 Å². The number of hydrogen-bond acceptors (Lipinski definition) is 3. The smallest absolute Gasteiger partial charge is 0.316 e. The van der Waals surface area contributed by atoms with Gasteiger partial charge in [-0.15, -0.1) is 0 Å². The second-order valence-corrected chi connectivity index (χ2v) is 6.84. The maximum absolute atomic E-state index is 13.5. The molecular formula is C19H13F6N4O+. The molecule has 1 aromatic heterocycles. The number of rotatable bonds is 1. The van der Waals surface area contributed by atoms with Crippen molar-refractivity contribution in [2.75, 3.05) is 0 Å². The van der Waals surface area contributed by atoms with Crippen molar-refractivity contribution in [1.29, 1.82) is 0 Å². The first kappa shape index (κ1) is 20.3.